The van der Waals surface area contributed by atoms with Crippen molar-refractivity contribution >= 4 is 17.5 Å². The van der Waals surface area contributed by atoms with Crippen molar-refractivity contribution in [3.05, 3.63) is 72.6 Å². The van der Waals surface area contributed by atoms with Gasteiger partial charge in [0.1, 0.15) is 17.7 Å². The molecule has 0 fully saturated rings. The van der Waals surface area contributed by atoms with Crippen LogP contribution in [0.1, 0.15) is 12.5 Å². The Kier molecular flexibility index (Phi) is 8.56. The normalized spacial score (nSPS) is 11.2. The Labute approximate surface area is 181 Å². The smallest absolute Gasteiger partial charge is 0.475 e. The number of rotatable bonds is 4. The van der Waals surface area contributed by atoms with E-state index in [2.05, 4.69) is 27.1 Å². The molecular formula is C22H18F3N3O4. The number of ether oxygens (including phenoxy) is 1. The summed E-state index contributed by atoms with van der Waals surface area (Å²) in [5.41, 5.74) is 1.53. The van der Waals surface area contributed by atoms with Crippen molar-refractivity contribution in [2.45, 2.75) is 19.2 Å². The van der Waals surface area contributed by atoms with Crippen molar-refractivity contribution in [3.63, 3.8) is 0 Å². The van der Waals surface area contributed by atoms with Crippen LogP contribution in [-0.2, 0) is 4.79 Å². The molecule has 0 aliphatic rings. The molecule has 2 aromatic heterocycles. The zero-order chi connectivity index (χ0) is 23.6. The molecule has 3 aromatic rings. The Morgan fingerprint density at radius 3 is 2.28 bits per heavy atom. The summed E-state index contributed by atoms with van der Waals surface area (Å²) in [6.45, 7) is 1.61. The van der Waals surface area contributed by atoms with Crippen LogP contribution in [0.5, 0.6) is 11.6 Å². The minimum atomic E-state index is -5.08. The summed E-state index contributed by atoms with van der Waals surface area (Å²) in [5, 5.41) is 19.6. The Hall–Kier alpha value is -4.10. The van der Waals surface area contributed by atoms with Gasteiger partial charge in [0.25, 0.3) is 0 Å². The molecule has 1 atom stereocenters. The SMILES string of the molecule is CC(O)C#Cc1cccnc1Oc1ccc(Nc2ccccn2)cc1.O=C(O)C(F)(F)F. The molecule has 0 aliphatic heterocycles. The third-order valence-corrected chi connectivity index (χ3v) is 3.44. The largest absolute Gasteiger partial charge is 0.490 e. The summed E-state index contributed by atoms with van der Waals surface area (Å²) in [6.07, 6.45) is -2.42. The molecule has 1 unspecified atom stereocenters. The Balaban J connectivity index is 0.000000451. The molecule has 10 heteroatoms. The number of carbonyl (C=O) groups is 1. The monoisotopic (exact) mass is 445 g/mol. The highest BCUT2D eigenvalue weighted by molar-refractivity contribution is 5.73. The van der Waals surface area contributed by atoms with E-state index >= 15 is 0 Å². The number of hydrogen-bond donors (Lipinski definition) is 3. The zero-order valence-corrected chi connectivity index (χ0v) is 16.7. The maximum Gasteiger partial charge on any atom is 0.490 e. The third kappa shape index (κ3) is 8.33. The highest BCUT2D eigenvalue weighted by Crippen LogP contribution is 2.24. The fraction of sp³-hybridized carbons (Fsp3) is 0.136. The topological polar surface area (TPSA) is 105 Å². The number of benzene rings is 1. The highest BCUT2D eigenvalue weighted by atomic mass is 19.4. The second-order valence-electron chi connectivity index (χ2n) is 6.07. The molecule has 0 aliphatic carbocycles. The molecule has 0 saturated carbocycles. The number of alkyl halides is 3. The molecule has 2 heterocycles. The lowest BCUT2D eigenvalue weighted by Gasteiger charge is -2.08. The number of anilines is 2. The first kappa shape index (κ1) is 24.2. The lowest BCUT2D eigenvalue weighted by molar-refractivity contribution is -0.192. The van der Waals surface area contributed by atoms with E-state index in [1.54, 1.807) is 31.5 Å². The summed E-state index contributed by atoms with van der Waals surface area (Å²) in [4.78, 5) is 17.3. The van der Waals surface area contributed by atoms with E-state index in [-0.39, 0.29) is 0 Å². The van der Waals surface area contributed by atoms with Crippen molar-refractivity contribution in [1.82, 2.24) is 9.97 Å². The molecule has 0 radical (unpaired) electrons. The molecule has 166 valence electrons. The van der Waals surface area contributed by atoms with Crippen molar-refractivity contribution < 1.29 is 32.9 Å². The predicted octanol–water partition coefficient (Wildman–Crippen LogP) is 4.38. The summed E-state index contributed by atoms with van der Waals surface area (Å²) >= 11 is 0. The summed E-state index contributed by atoms with van der Waals surface area (Å²) < 4.78 is 37.5. The summed E-state index contributed by atoms with van der Waals surface area (Å²) in [7, 11) is 0. The van der Waals surface area contributed by atoms with Crippen LogP contribution < -0.4 is 10.1 Å². The number of nitrogens with one attached hydrogen (secondary N) is 1. The molecular weight excluding hydrogens is 427 g/mol. The number of aliphatic carboxylic acids is 1. The number of carboxylic acids is 1. The number of nitrogens with zero attached hydrogens (tertiary/aromatic N) is 2. The van der Waals surface area contributed by atoms with Gasteiger partial charge in [0, 0.05) is 18.1 Å². The van der Waals surface area contributed by atoms with E-state index in [4.69, 9.17) is 14.6 Å². The molecule has 3 rings (SSSR count). The van der Waals surface area contributed by atoms with Gasteiger partial charge < -0.3 is 20.3 Å². The van der Waals surface area contributed by atoms with Gasteiger partial charge in [-0.3, -0.25) is 0 Å². The fourth-order valence-corrected chi connectivity index (χ4v) is 2.05. The van der Waals surface area contributed by atoms with Crippen molar-refractivity contribution in [2.75, 3.05) is 5.32 Å². The number of aliphatic hydroxyl groups is 1. The average Bonchev–Trinajstić information content (AvgIpc) is 2.75. The first-order chi connectivity index (χ1) is 15.1. The molecule has 32 heavy (non-hydrogen) atoms. The van der Waals surface area contributed by atoms with Crippen LogP contribution in [0.4, 0.5) is 24.7 Å². The predicted molar refractivity (Wildman–Crippen MR) is 111 cm³/mol. The van der Waals surface area contributed by atoms with Crippen LogP contribution >= 0.6 is 0 Å². The van der Waals surface area contributed by atoms with Crippen LogP contribution in [0.15, 0.2) is 67.0 Å². The van der Waals surface area contributed by atoms with Crippen LogP contribution in [0, 0.1) is 11.8 Å². The molecule has 0 spiro atoms. The maximum atomic E-state index is 10.6. The van der Waals surface area contributed by atoms with Gasteiger partial charge in [0.2, 0.25) is 5.88 Å². The number of hydrogen-bond acceptors (Lipinski definition) is 6. The van der Waals surface area contributed by atoms with Gasteiger partial charge in [0.05, 0.1) is 5.56 Å². The van der Waals surface area contributed by atoms with E-state index < -0.39 is 18.2 Å². The second kappa shape index (κ2) is 11.3. The van der Waals surface area contributed by atoms with Crippen LogP contribution in [0.25, 0.3) is 0 Å². The second-order valence-corrected chi connectivity index (χ2v) is 6.07. The summed E-state index contributed by atoms with van der Waals surface area (Å²) in [5.74, 6) is 4.63. The zero-order valence-electron chi connectivity index (χ0n) is 16.7. The van der Waals surface area contributed by atoms with Gasteiger partial charge in [-0.1, -0.05) is 17.9 Å². The number of halogens is 3. The van der Waals surface area contributed by atoms with Gasteiger partial charge in [-0.25, -0.2) is 14.8 Å². The molecule has 1 aromatic carbocycles. The van der Waals surface area contributed by atoms with Crippen molar-refractivity contribution in [1.29, 1.82) is 0 Å². The molecule has 0 saturated heterocycles. The number of aliphatic hydroxyl groups excluding tert-OH is 1. The fourth-order valence-electron chi connectivity index (χ4n) is 2.05. The van der Waals surface area contributed by atoms with E-state index in [0.717, 1.165) is 11.5 Å². The quantitative estimate of drug-likeness (QED) is 0.512. The van der Waals surface area contributed by atoms with Crippen LogP contribution in [-0.4, -0.2) is 38.4 Å². The Bertz CT molecular complexity index is 1080. The van der Waals surface area contributed by atoms with Gasteiger partial charge in [-0.05, 0) is 55.5 Å². The number of carboxylic acid groups (broad SMARTS) is 1. The first-order valence-electron chi connectivity index (χ1n) is 9.06. The highest BCUT2D eigenvalue weighted by Gasteiger charge is 2.38. The minimum Gasteiger partial charge on any atom is -0.475 e. The van der Waals surface area contributed by atoms with Gasteiger partial charge >= 0.3 is 12.1 Å². The third-order valence-electron chi connectivity index (χ3n) is 3.44. The standard InChI is InChI=1S/C20H17N3O2.C2HF3O2/c1-15(24)7-8-16-5-4-14-22-20(16)25-18-11-9-17(10-12-18)23-19-6-2-3-13-21-19;3-2(4,5)1(6)7/h2-6,9-15,24H,1H3,(H,21,23);(H,6,7). The summed E-state index contributed by atoms with van der Waals surface area (Å²) in [6, 6.07) is 16.7. The first-order valence-corrected chi connectivity index (χ1v) is 9.06. The maximum absolute atomic E-state index is 10.6. The van der Waals surface area contributed by atoms with E-state index in [9.17, 15) is 18.3 Å². The minimum absolute atomic E-state index is 0.404. The van der Waals surface area contributed by atoms with Gasteiger partial charge in [-0.2, -0.15) is 13.2 Å². The lowest BCUT2D eigenvalue weighted by Crippen LogP contribution is -2.21. The van der Waals surface area contributed by atoms with Gasteiger partial charge in [0.15, 0.2) is 0 Å². The average molecular weight is 445 g/mol. The van der Waals surface area contributed by atoms with Crippen molar-refractivity contribution in [2.24, 2.45) is 0 Å². The Morgan fingerprint density at radius 1 is 1.06 bits per heavy atom. The Morgan fingerprint density at radius 2 is 1.72 bits per heavy atom. The lowest BCUT2D eigenvalue weighted by atomic mass is 10.2. The number of aromatic nitrogens is 2. The van der Waals surface area contributed by atoms with Crippen LogP contribution in [0.2, 0.25) is 0 Å². The van der Waals surface area contributed by atoms with Crippen LogP contribution in [0.3, 0.4) is 0 Å². The van der Waals surface area contributed by atoms with E-state index in [1.165, 1.54) is 0 Å². The van der Waals surface area contributed by atoms with Crippen molar-refractivity contribution in [3.8, 4) is 23.5 Å². The van der Waals surface area contributed by atoms with Gasteiger partial charge in [-0.15, -0.1) is 0 Å². The number of pyridine rings is 2. The van der Waals surface area contributed by atoms with E-state index in [1.807, 2.05) is 42.5 Å². The molecule has 3 N–H and O–H groups in total. The molecule has 0 amide bonds. The molecule has 7 nitrogen and oxygen atoms in total. The molecule has 0 bridgehead atoms. The van der Waals surface area contributed by atoms with E-state index in [0.29, 0.717) is 17.2 Å².